The van der Waals surface area contributed by atoms with Gasteiger partial charge in [0.25, 0.3) is 0 Å². The van der Waals surface area contributed by atoms with Crippen molar-refractivity contribution in [2.45, 2.75) is 12.6 Å². The van der Waals surface area contributed by atoms with Crippen molar-refractivity contribution in [2.24, 2.45) is 0 Å². The highest BCUT2D eigenvalue weighted by molar-refractivity contribution is 5.23. The Bertz CT molecular complexity index is 403. The molecule has 0 saturated heterocycles. The lowest BCUT2D eigenvalue weighted by molar-refractivity contribution is 0.0389. The third-order valence-electron chi connectivity index (χ3n) is 1.85. The molecule has 16 heavy (non-hydrogen) atoms. The third-order valence-corrected chi connectivity index (χ3v) is 1.85. The van der Waals surface area contributed by atoms with Crippen LogP contribution in [0.15, 0.2) is 29.7 Å². The van der Waals surface area contributed by atoms with E-state index in [4.69, 9.17) is 10.5 Å². The molecule has 0 radical (unpaired) electrons. The number of aliphatic hydroxyl groups excluding tert-OH is 1. The number of rotatable bonds is 6. The number of hydrogen-bond acceptors (Lipinski definition) is 5. The first-order chi connectivity index (χ1) is 7.63. The maximum absolute atomic E-state index is 11.3. The predicted molar refractivity (Wildman–Crippen MR) is 59.9 cm³/mol. The lowest BCUT2D eigenvalue weighted by Gasteiger charge is -2.11. The first-order valence-corrected chi connectivity index (χ1v) is 4.83. The van der Waals surface area contributed by atoms with Crippen LogP contribution in [-0.4, -0.2) is 34.0 Å². The normalized spacial score (nSPS) is 12.3. The minimum atomic E-state index is -0.761. The Morgan fingerprint density at radius 1 is 1.75 bits per heavy atom. The van der Waals surface area contributed by atoms with Crippen LogP contribution >= 0.6 is 0 Å². The van der Waals surface area contributed by atoms with E-state index in [0.717, 1.165) is 0 Å². The van der Waals surface area contributed by atoms with Gasteiger partial charge in [0.05, 0.1) is 25.9 Å². The summed E-state index contributed by atoms with van der Waals surface area (Å²) in [6.45, 7) is 4.12. The number of nitrogen functional groups attached to an aromatic ring is 1. The van der Waals surface area contributed by atoms with E-state index in [1.54, 1.807) is 6.08 Å². The molecule has 1 unspecified atom stereocenters. The second-order valence-corrected chi connectivity index (χ2v) is 3.27. The Hall–Kier alpha value is -1.66. The first-order valence-electron chi connectivity index (χ1n) is 4.83. The summed E-state index contributed by atoms with van der Waals surface area (Å²) in [4.78, 5) is 14.8. The van der Waals surface area contributed by atoms with Gasteiger partial charge in [-0.2, -0.15) is 4.98 Å². The molecule has 88 valence electrons. The summed E-state index contributed by atoms with van der Waals surface area (Å²) in [5, 5.41) is 9.54. The molecule has 0 fully saturated rings. The van der Waals surface area contributed by atoms with E-state index in [0.29, 0.717) is 6.61 Å². The topological polar surface area (TPSA) is 90.4 Å². The lowest BCUT2D eigenvalue weighted by atomic mass is 10.3. The molecule has 1 heterocycles. The molecule has 1 aromatic rings. The molecule has 0 saturated carbocycles. The summed E-state index contributed by atoms with van der Waals surface area (Å²) in [5.74, 6) is 0.165. The van der Waals surface area contributed by atoms with E-state index in [-0.39, 0.29) is 19.0 Å². The molecular formula is C10H15N3O3. The molecule has 0 spiro atoms. The second-order valence-electron chi connectivity index (χ2n) is 3.27. The van der Waals surface area contributed by atoms with E-state index in [1.165, 1.54) is 16.8 Å². The van der Waals surface area contributed by atoms with Gasteiger partial charge in [0.1, 0.15) is 5.82 Å². The molecular weight excluding hydrogens is 210 g/mol. The molecule has 0 aliphatic carbocycles. The van der Waals surface area contributed by atoms with E-state index in [9.17, 15) is 9.90 Å². The van der Waals surface area contributed by atoms with Gasteiger partial charge in [-0.05, 0) is 6.07 Å². The highest BCUT2D eigenvalue weighted by Crippen LogP contribution is 1.93. The Labute approximate surface area is 93.0 Å². The summed E-state index contributed by atoms with van der Waals surface area (Å²) in [6.07, 6.45) is 2.31. The van der Waals surface area contributed by atoms with Crippen molar-refractivity contribution in [3.63, 3.8) is 0 Å². The van der Waals surface area contributed by atoms with Gasteiger partial charge in [-0.25, -0.2) is 4.79 Å². The Balaban J connectivity index is 2.52. The maximum atomic E-state index is 11.3. The average molecular weight is 225 g/mol. The smallest absolute Gasteiger partial charge is 0.349 e. The van der Waals surface area contributed by atoms with Crippen molar-refractivity contribution >= 4 is 5.82 Å². The monoisotopic (exact) mass is 225 g/mol. The van der Waals surface area contributed by atoms with Crippen LogP contribution in [0, 0.1) is 0 Å². The number of aromatic nitrogens is 2. The summed E-state index contributed by atoms with van der Waals surface area (Å²) in [7, 11) is 0. The van der Waals surface area contributed by atoms with Gasteiger partial charge in [0, 0.05) is 6.20 Å². The van der Waals surface area contributed by atoms with Crippen LogP contribution in [0.1, 0.15) is 0 Å². The van der Waals surface area contributed by atoms with Gasteiger partial charge in [-0.1, -0.05) is 6.08 Å². The number of ether oxygens (including phenoxy) is 1. The van der Waals surface area contributed by atoms with Crippen molar-refractivity contribution in [3.8, 4) is 0 Å². The van der Waals surface area contributed by atoms with Gasteiger partial charge in [0.15, 0.2) is 0 Å². The maximum Gasteiger partial charge on any atom is 0.349 e. The average Bonchev–Trinajstić information content (AvgIpc) is 2.23. The number of anilines is 1. The van der Waals surface area contributed by atoms with Crippen LogP contribution in [0.3, 0.4) is 0 Å². The molecule has 1 atom stereocenters. The molecule has 1 aromatic heterocycles. The zero-order valence-electron chi connectivity index (χ0n) is 8.87. The van der Waals surface area contributed by atoms with Crippen molar-refractivity contribution in [1.29, 1.82) is 0 Å². The summed E-state index contributed by atoms with van der Waals surface area (Å²) in [5.41, 5.74) is 4.85. The highest BCUT2D eigenvalue weighted by atomic mass is 16.5. The standard InChI is InChI=1S/C10H15N3O3/c1-2-5-16-7-8(14)6-13-4-3-9(11)12-10(13)15/h2-4,8,14H,1,5-7H2,(H2,11,12,15). The minimum absolute atomic E-state index is 0.128. The molecule has 0 bridgehead atoms. The van der Waals surface area contributed by atoms with Crippen molar-refractivity contribution < 1.29 is 9.84 Å². The summed E-state index contributed by atoms with van der Waals surface area (Å²) >= 11 is 0. The zero-order valence-corrected chi connectivity index (χ0v) is 8.87. The van der Waals surface area contributed by atoms with Gasteiger partial charge in [-0.3, -0.25) is 4.57 Å². The first kappa shape index (κ1) is 12.4. The van der Waals surface area contributed by atoms with Crippen LogP contribution in [-0.2, 0) is 11.3 Å². The number of hydrogen-bond donors (Lipinski definition) is 2. The van der Waals surface area contributed by atoms with Gasteiger partial charge in [0.2, 0.25) is 0 Å². The summed E-state index contributed by atoms with van der Waals surface area (Å²) in [6, 6.07) is 1.50. The SMILES string of the molecule is C=CCOCC(O)Cn1ccc(N)nc1=O. The van der Waals surface area contributed by atoms with Crippen LogP contribution in [0.5, 0.6) is 0 Å². The van der Waals surface area contributed by atoms with Crippen LogP contribution in [0.25, 0.3) is 0 Å². The molecule has 6 nitrogen and oxygen atoms in total. The molecule has 6 heteroatoms. The van der Waals surface area contributed by atoms with Gasteiger partial charge in [-0.15, -0.1) is 6.58 Å². The van der Waals surface area contributed by atoms with E-state index in [2.05, 4.69) is 11.6 Å². The molecule has 0 aliphatic heterocycles. The number of nitrogens with two attached hydrogens (primary N) is 1. The van der Waals surface area contributed by atoms with E-state index >= 15 is 0 Å². The number of nitrogens with zero attached hydrogens (tertiary/aromatic N) is 2. The zero-order chi connectivity index (χ0) is 12.0. The van der Waals surface area contributed by atoms with Crippen molar-refractivity contribution in [2.75, 3.05) is 18.9 Å². The fourth-order valence-corrected chi connectivity index (χ4v) is 1.15. The fourth-order valence-electron chi connectivity index (χ4n) is 1.15. The van der Waals surface area contributed by atoms with E-state index < -0.39 is 11.8 Å². The van der Waals surface area contributed by atoms with Crippen LogP contribution < -0.4 is 11.4 Å². The quantitative estimate of drug-likeness (QED) is 0.498. The van der Waals surface area contributed by atoms with Crippen LogP contribution in [0.4, 0.5) is 5.82 Å². The molecule has 0 aromatic carbocycles. The Morgan fingerprint density at radius 3 is 3.12 bits per heavy atom. The lowest BCUT2D eigenvalue weighted by Crippen LogP contribution is -2.30. The molecule has 1 rings (SSSR count). The third kappa shape index (κ3) is 3.84. The second kappa shape index (κ2) is 6.04. The Morgan fingerprint density at radius 2 is 2.50 bits per heavy atom. The predicted octanol–water partition coefficient (Wildman–Crippen LogP) is -0.611. The number of aliphatic hydroxyl groups is 1. The van der Waals surface area contributed by atoms with Crippen molar-refractivity contribution in [1.82, 2.24) is 9.55 Å². The van der Waals surface area contributed by atoms with Gasteiger partial charge >= 0.3 is 5.69 Å². The van der Waals surface area contributed by atoms with Crippen molar-refractivity contribution in [3.05, 3.63) is 35.4 Å². The fraction of sp³-hybridized carbons (Fsp3) is 0.400. The Kier molecular flexibility index (Phi) is 4.68. The molecule has 0 amide bonds. The largest absolute Gasteiger partial charge is 0.389 e. The van der Waals surface area contributed by atoms with Gasteiger partial charge < -0.3 is 15.6 Å². The summed E-state index contributed by atoms with van der Waals surface area (Å²) < 4.78 is 6.33. The molecule has 0 aliphatic rings. The molecule has 3 N–H and O–H groups in total. The minimum Gasteiger partial charge on any atom is -0.389 e. The highest BCUT2D eigenvalue weighted by Gasteiger charge is 2.06. The van der Waals surface area contributed by atoms with E-state index in [1.807, 2.05) is 0 Å². The van der Waals surface area contributed by atoms with Crippen LogP contribution in [0.2, 0.25) is 0 Å².